The van der Waals surface area contributed by atoms with Gasteiger partial charge in [0.1, 0.15) is 12.0 Å². The van der Waals surface area contributed by atoms with Crippen LogP contribution in [-0.4, -0.2) is 76.8 Å². The molecular formula is C29H38N6O4S. The number of benzene rings is 1. The van der Waals surface area contributed by atoms with Crippen LogP contribution in [0.4, 0.5) is 5.82 Å². The Labute approximate surface area is 238 Å². The fraction of sp³-hybridized carbons (Fsp3) is 0.517. The van der Waals surface area contributed by atoms with Gasteiger partial charge in [-0.25, -0.2) is 4.98 Å². The molecule has 2 aliphatic rings. The van der Waals surface area contributed by atoms with Gasteiger partial charge in [0.2, 0.25) is 11.8 Å². The zero-order chi connectivity index (χ0) is 28.4. The molecule has 214 valence electrons. The van der Waals surface area contributed by atoms with Gasteiger partial charge < -0.3 is 30.1 Å². The normalized spacial score (nSPS) is 21.1. The van der Waals surface area contributed by atoms with Crippen molar-refractivity contribution in [2.24, 2.45) is 5.92 Å². The number of aromatic nitrogens is 2. The van der Waals surface area contributed by atoms with Crippen LogP contribution < -0.4 is 15.5 Å². The molecule has 2 saturated heterocycles. The van der Waals surface area contributed by atoms with Crippen LogP contribution in [0.3, 0.4) is 0 Å². The number of rotatable bonds is 8. The summed E-state index contributed by atoms with van der Waals surface area (Å²) in [6, 6.07) is 8.88. The minimum atomic E-state index is -0.768. The molecule has 2 aliphatic heterocycles. The number of amides is 2. The van der Waals surface area contributed by atoms with E-state index in [2.05, 4.69) is 25.7 Å². The molecule has 5 rings (SSSR count). The van der Waals surface area contributed by atoms with E-state index >= 15 is 0 Å². The Balaban J connectivity index is 1.28. The summed E-state index contributed by atoms with van der Waals surface area (Å²) >= 11 is 1.60. The van der Waals surface area contributed by atoms with Crippen molar-refractivity contribution in [3.8, 4) is 10.4 Å². The SMILES string of the molecule is Cc1ncsc1-c1ccc([C@H](C)NC(=O)C2CC(O)CN2C(=O)[C@H](c2cc(N3CCNCC3)no2)C(C)C)cc1. The van der Waals surface area contributed by atoms with Crippen LogP contribution in [0.15, 0.2) is 40.4 Å². The molecule has 2 fully saturated rings. The van der Waals surface area contributed by atoms with Crippen molar-refractivity contribution in [3.63, 3.8) is 0 Å². The van der Waals surface area contributed by atoms with Gasteiger partial charge in [0, 0.05) is 45.2 Å². The smallest absolute Gasteiger partial charge is 0.243 e. The number of aliphatic hydroxyl groups excluding tert-OH is 1. The number of aliphatic hydroxyl groups is 1. The Kier molecular flexibility index (Phi) is 8.53. The predicted octanol–water partition coefficient (Wildman–Crippen LogP) is 3.09. The molecule has 0 saturated carbocycles. The lowest BCUT2D eigenvalue weighted by molar-refractivity contribution is -0.141. The Morgan fingerprint density at radius 1 is 1.18 bits per heavy atom. The number of nitrogens with one attached hydrogen (secondary N) is 2. The van der Waals surface area contributed by atoms with Crippen LogP contribution in [-0.2, 0) is 9.59 Å². The van der Waals surface area contributed by atoms with Gasteiger partial charge in [-0.1, -0.05) is 43.3 Å². The number of thiazole rings is 1. The summed E-state index contributed by atoms with van der Waals surface area (Å²) < 4.78 is 5.68. The highest BCUT2D eigenvalue weighted by Crippen LogP contribution is 2.33. The molecule has 0 spiro atoms. The summed E-state index contributed by atoms with van der Waals surface area (Å²) in [6.45, 7) is 11.3. The number of hydrogen-bond donors (Lipinski definition) is 3. The quantitative estimate of drug-likeness (QED) is 0.380. The Bertz CT molecular complexity index is 1320. The molecule has 1 aromatic carbocycles. The van der Waals surface area contributed by atoms with Gasteiger partial charge in [-0.2, -0.15) is 0 Å². The maximum absolute atomic E-state index is 13.9. The lowest BCUT2D eigenvalue weighted by Crippen LogP contribution is -2.48. The van der Waals surface area contributed by atoms with Crippen molar-refractivity contribution in [2.75, 3.05) is 37.6 Å². The standard InChI is InChI=1S/C29H38N6O4S/c1-17(2)26(24-14-25(33-39-24)34-11-9-30-10-12-34)29(38)35-15-22(36)13-23(35)28(37)32-18(3)20-5-7-21(8-6-20)27-19(4)31-16-40-27/h5-8,14,16-18,22-23,26,30,36H,9-13,15H2,1-4H3,(H,32,37)/t18-,22?,23?,26-/m0/s1. The first kappa shape index (κ1) is 28.3. The summed E-state index contributed by atoms with van der Waals surface area (Å²) in [4.78, 5) is 36.4. The van der Waals surface area contributed by atoms with E-state index in [1.807, 2.05) is 63.5 Å². The maximum atomic E-state index is 13.9. The third kappa shape index (κ3) is 5.91. The lowest BCUT2D eigenvalue weighted by Gasteiger charge is -2.29. The molecule has 2 unspecified atom stereocenters. The second kappa shape index (κ2) is 12.1. The van der Waals surface area contributed by atoms with E-state index in [0.29, 0.717) is 5.76 Å². The third-order valence-electron chi connectivity index (χ3n) is 7.84. The molecule has 0 aliphatic carbocycles. The van der Waals surface area contributed by atoms with E-state index in [-0.39, 0.29) is 36.7 Å². The number of carbonyl (C=O) groups is 2. The van der Waals surface area contributed by atoms with Crippen molar-refractivity contribution in [1.29, 1.82) is 0 Å². The largest absolute Gasteiger partial charge is 0.391 e. The van der Waals surface area contributed by atoms with Crippen molar-refractivity contribution < 1.29 is 19.2 Å². The second-order valence-electron chi connectivity index (χ2n) is 11.1. The van der Waals surface area contributed by atoms with Crippen LogP contribution in [0.5, 0.6) is 0 Å². The highest BCUT2D eigenvalue weighted by atomic mass is 32.1. The molecule has 2 amide bonds. The van der Waals surface area contributed by atoms with Crippen molar-refractivity contribution in [1.82, 2.24) is 25.7 Å². The number of β-amino-alcohol motifs (C(OH)–C–C–N with tert-alkyl or cyclic N) is 1. The Hall–Kier alpha value is -3.28. The van der Waals surface area contributed by atoms with Crippen LogP contribution in [0.1, 0.15) is 56.2 Å². The Morgan fingerprint density at radius 3 is 2.55 bits per heavy atom. The van der Waals surface area contributed by atoms with E-state index in [9.17, 15) is 14.7 Å². The summed E-state index contributed by atoms with van der Waals surface area (Å²) in [7, 11) is 0. The molecule has 0 radical (unpaired) electrons. The molecule has 2 aromatic heterocycles. The molecule has 4 heterocycles. The molecule has 10 nitrogen and oxygen atoms in total. The number of nitrogens with zero attached hydrogens (tertiary/aromatic N) is 4. The first-order chi connectivity index (χ1) is 19.2. The van der Waals surface area contributed by atoms with Crippen LogP contribution in [0.2, 0.25) is 0 Å². The molecule has 40 heavy (non-hydrogen) atoms. The Morgan fingerprint density at radius 2 is 1.90 bits per heavy atom. The zero-order valence-electron chi connectivity index (χ0n) is 23.5. The topological polar surface area (TPSA) is 124 Å². The summed E-state index contributed by atoms with van der Waals surface area (Å²) in [5, 5.41) is 21.1. The van der Waals surface area contributed by atoms with E-state index in [4.69, 9.17) is 4.52 Å². The zero-order valence-corrected chi connectivity index (χ0v) is 24.3. The minimum absolute atomic E-state index is 0.0857. The first-order valence-corrected chi connectivity index (χ1v) is 14.8. The maximum Gasteiger partial charge on any atom is 0.243 e. The van der Waals surface area contributed by atoms with Crippen molar-refractivity contribution >= 4 is 29.0 Å². The molecule has 11 heteroatoms. The van der Waals surface area contributed by atoms with E-state index in [1.165, 1.54) is 4.90 Å². The molecule has 0 bridgehead atoms. The molecular weight excluding hydrogens is 528 g/mol. The van der Waals surface area contributed by atoms with Crippen LogP contribution in [0.25, 0.3) is 10.4 Å². The monoisotopic (exact) mass is 566 g/mol. The summed E-state index contributed by atoms with van der Waals surface area (Å²) in [6.07, 6.45) is -0.572. The average Bonchev–Trinajstić information content (AvgIpc) is 3.69. The third-order valence-corrected chi connectivity index (χ3v) is 8.82. The number of aryl methyl sites for hydroxylation is 1. The van der Waals surface area contributed by atoms with E-state index < -0.39 is 18.1 Å². The van der Waals surface area contributed by atoms with Gasteiger partial charge in [-0.05, 0) is 30.9 Å². The summed E-state index contributed by atoms with van der Waals surface area (Å²) in [5.74, 6) is 0.00472. The van der Waals surface area contributed by atoms with Crippen molar-refractivity contribution in [3.05, 3.63) is 52.9 Å². The van der Waals surface area contributed by atoms with E-state index in [1.54, 1.807) is 11.3 Å². The fourth-order valence-corrected chi connectivity index (χ4v) is 6.40. The average molecular weight is 567 g/mol. The molecule has 4 atom stereocenters. The molecule has 3 N–H and O–H groups in total. The van der Waals surface area contributed by atoms with E-state index in [0.717, 1.165) is 53.7 Å². The number of carbonyl (C=O) groups excluding carboxylic acids is 2. The van der Waals surface area contributed by atoms with Gasteiger partial charge in [0.25, 0.3) is 0 Å². The number of likely N-dealkylation sites (tertiary alicyclic amines) is 1. The number of piperazine rings is 1. The minimum Gasteiger partial charge on any atom is -0.391 e. The van der Waals surface area contributed by atoms with Gasteiger partial charge >= 0.3 is 0 Å². The lowest BCUT2D eigenvalue weighted by atomic mass is 9.91. The second-order valence-corrected chi connectivity index (χ2v) is 11.9. The van der Waals surface area contributed by atoms with Gasteiger partial charge in [-0.15, -0.1) is 11.3 Å². The number of hydrogen-bond acceptors (Lipinski definition) is 9. The first-order valence-electron chi connectivity index (χ1n) is 13.9. The van der Waals surface area contributed by atoms with Gasteiger partial charge in [-0.3, -0.25) is 9.59 Å². The highest BCUT2D eigenvalue weighted by Gasteiger charge is 2.43. The van der Waals surface area contributed by atoms with Gasteiger partial charge in [0.05, 0.1) is 28.2 Å². The van der Waals surface area contributed by atoms with Crippen LogP contribution in [0, 0.1) is 12.8 Å². The van der Waals surface area contributed by atoms with Crippen LogP contribution >= 0.6 is 11.3 Å². The predicted molar refractivity (Wildman–Crippen MR) is 154 cm³/mol. The fourth-order valence-electron chi connectivity index (χ4n) is 5.58. The molecule has 3 aromatic rings. The van der Waals surface area contributed by atoms with Crippen molar-refractivity contribution in [2.45, 2.75) is 58.2 Å². The summed E-state index contributed by atoms with van der Waals surface area (Å²) in [5.41, 5.74) is 4.87. The van der Waals surface area contributed by atoms with Gasteiger partial charge in [0.15, 0.2) is 11.6 Å². The highest BCUT2D eigenvalue weighted by molar-refractivity contribution is 7.13. The number of anilines is 1.